The van der Waals surface area contributed by atoms with E-state index in [9.17, 15) is 4.79 Å². The highest BCUT2D eigenvalue weighted by molar-refractivity contribution is 5.79. The highest BCUT2D eigenvalue weighted by atomic mass is 16.5. The van der Waals surface area contributed by atoms with E-state index >= 15 is 0 Å². The van der Waals surface area contributed by atoms with Crippen LogP contribution < -0.4 is 0 Å². The van der Waals surface area contributed by atoms with Crippen molar-refractivity contribution in [1.82, 2.24) is 4.90 Å². The Bertz CT molecular complexity index is 407. The first-order valence-electron chi connectivity index (χ1n) is 7.76. The smallest absolute Gasteiger partial charge is 0.226 e. The van der Waals surface area contributed by atoms with Gasteiger partial charge in [0.1, 0.15) is 0 Å². The van der Waals surface area contributed by atoms with Gasteiger partial charge < -0.3 is 14.4 Å². The van der Waals surface area contributed by atoms with E-state index in [1.807, 2.05) is 4.90 Å². The van der Waals surface area contributed by atoms with Gasteiger partial charge in [0.15, 0.2) is 0 Å². The van der Waals surface area contributed by atoms with Crippen molar-refractivity contribution in [3.05, 3.63) is 11.6 Å². The SMILES string of the molecule is COC[C@]12COC[C@H]1CN(C(=O)CC1=CCCCC1)C2. The fourth-order valence-electron chi connectivity index (χ4n) is 3.88. The van der Waals surface area contributed by atoms with Gasteiger partial charge in [-0.25, -0.2) is 0 Å². The summed E-state index contributed by atoms with van der Waals surface area (Å²) in [6, 6.07) is 0. The van der Waals surface area contributed by atoms with Crippen LogP contribution in [0.15, 0.2) is 11.6 Å². The molecular weight excluding hydrogens is 254 g/mol. The van der Waals surface area contributed by atoms with E-state index < -0.39 is 0 Å². The van der Waals surface area contributed by atoms with Crippen LogP contribution in [0.3, 0.4) is 0 Å². The summed E-state index contributed by atoms with van der Waals surface area (Å²) in [4.78, 5) is 14.5. The summed E-state index contributed by atoms with van der Waals surface area (Å²) in [5.41, 5.74) is 1.39. The van der Waals surface area contributed by atoms with Gasteiger partial charge in [-0.1, -0.05) is 11.6 Å². The summed E-state index contributed by atoms with van der Waals surface area (Å²) in [6.07, 6.45) is 7.66. The molecule has 20 heavy (non-hydrogen) atoms. The normalized spacial score (nSPS) is 33.1. The average molecular weight is 279 g/mol. The number of nitrogens with zero attached hydrogens (tertiary/aromatic N) is 1. The third-order valence-corrected chi connectivity index (χ3v) is 5.07. The molecule has 2 fully saturated rings. The Balaban J connectivity index is 1.61. The predicted molar refractivity (Wildman–Crippen MR) is 76.4 cm³/mol. The van der Waals surface area contributed by atoms with Crippen LogP contribution in [0.4, 0.5) is 0 Å². The zero-order chi connectivity index (χ0) is 14.0. The number of hydrogen-bond donors (Lipinski definition) is 0. The van der Waals surface area contributed by atoms with Crippen LogP contribution >= 0.6 is 0 Å². The number of allylic oxidation sites excluding steroid dienone is 1. The average Bonchev–Trinajstić information content (AvgIpc) is 2.97. The minimum atomic E-state index is 0.0470. The van der Waals surface area contributed by atoms with Gasteiger partial charge in [0.2, 0.25) is 5.91 Å². The molecule has 2 aliphatic heterocycles. The van der Waals surface area contributed by atoms with Crippen molar-refractivity contribution in [3.63, 3.8) is 0 Å². The third kappa shape index (κ3) is 2.63. The maximum atomic E-state index is 12.5. The van der Waals surface area contributed by atoms with Crippen LogP contribution in [0.1, 0.15) is 32.1 Å². The molecule has 4 nitrogen and oxygen atoms in total. The van der Waals surface area contributed by atoms with Gasteiger partial charge in [-0.3, -0.25) is 4.79 Å². The van der Waals surface area contributed by atoms with Crippen molar-refractivity contribution in [2.75, 3.05) is 40.0 Å². The number of methoxy groups -OCH3 is 1. The molecule has 0 radical (unpaired) electrons. The molecule has 0 aromatic rings. The molecule has 0 saturated carbocycles. The van der Waals surface area contributed by atoms with Crippen molar-refractivity contribution >= 4 is 5.91 Å². The molecule has 4 heteroatoms. The van der Waals surface area contributed by atoms with Crippen molar-refractivity contribution in [3.8, 4) is 0 Å². The number of fused-ring (bicyclic) bond motifs is 1. The zero-order valence-electron chi connectivity index (χ0n) is 12.4. The highest BCUT2D eigenvalue weighted by Crippen LogP contribution is 2.41. The first-order chi connectivity index (χ1) is 9.73. The first-order valence-corrected chi connectivity index (χ1v) is 7.76. The lowest BCUT2D eigenvalue weighted by molar-refractivity contribution is -0.130. The van der Waals surface area contributed by atoms with Gasteiger partial charge in [-0.15, -0.1) is 0 Å². The Labute approximate surface area is 121 Å². The molecule has 0 aromatic carbocycles. The predicted octanol–water partition coefficient (Wildman–Crippen LogP) is 2.00. The molecule has 112 valence electrons. The zero-order valence-corrected chi connectivity index (χ0v) is 12.4. The lowest BCUT2D eigenvalue weighted by Crippen LogP contribution is -2.37. The quantitative estimate of drug-likeness (QED) is 0.739. The highest BCUT2D eigenvalue weighted by Gasteiger charge is 2.51. The van der Waals surface area contributed by atoms with E-state index in [4.69, 9.17) is 9.47 Å². The molecule has 0 bridgehead atoms. The van der Waals surface area contributed by atoms with Gasteiger partial charge in [0, 0.05) is 38.0 Å². The Morgan fingerprint density at radius 1 is 1.55 bits per heavy atom. The summed E-state index contributed by atoms with van der Waals surface area (Å²) < 4.78 is 11.0. The van der Waals surface area contributed by atoms with Crippen LogP contribution in [0.25, 0.3) is 0 Å². The van der Waals surface area contributed by atoms with E-state index in [1.165, 1.54) is 18.4 Å². The number of rotatable bonds is 4. The summed E-state index contributed by atoms with van der Waals surface area (Å²) in [7, 11) is 1.74. The largest absolute Gasteiger partial charge is 0.384 e. The molecule has 0 unspecified atom stereocenters. The van der Waals surface area contributed by atoms with E-state index in [0.717, 1.165) is 39.1 Å². The van der Waals surface area contributed by atoms with E-state index in [-0.39, 0.29) is 5.41 Å². The first kappa shape index (κ1) is 14.1. The van der Waals surface area contributed by atoms with Crippen molar-refractivity contribution in [2.24, 2.45) is 11.3 Å². The van der Waals surface area contributed by atoms with Crippen LogP contribution in [0.5, 0.6) is 0 Å². The Morgan fingerprint density at radius 3 is 3.20 bits per heavy atom. The van der Waals surface area contributed by atoms with Gasteiger partial charge in [0.05, 0.1) is 19.8 Å². The number of hydrogen-bond acceptors (Lipinski definition) is 3. The standard InChI is InChI=1S/C16H25NO3/c1-19-11-16-10-17(8-14(16)9-20-12-16)15(18)7-13-5-3-2-4-6-13/h5,14H,2-4,6-12H2,1H3/t14-,16-/m1/s1. The lowest BCUT2D eigenvalue weighted by Gasteiger charge is -2.26. The van der Waals surface area contributed by atoms with Gasteiger partial charge in [0.25, 0.3) is 0 Å². The topological polar surface area (TPSA) is 38.8 Å². The monoisotopic (exact) mass is 279 g/mol. The van der Waals surface area contributed by atoms with Gasteiger partial charge in [-0.2, -0.15) is 0 Å². The molecule has 0 N–H and O–H groups in total. The Kier molecular flexibility index (Phi) is 4.13. The number of likely N-dealkylation sites (tertiary alicyclic amines) is 1. The van der Waals surface area contributed by atoms with Crippen molar-refractivity contribution in [1.29, 1.82) is 0 Å². The summed E-state index contributed by atoms with van der Waals surface area (Å²) >= 11 is 0. The second-order valence-electron chi connectivity index (χ2n) is 6.57. The van der Waals surface area contributed by atoms with Crippen LogP contribution in [0.2, 0.25) is 0 Å². The molecule has 3 rings (SSSR count). The molecule has 2 heterocycles. The molecule has 0 spiro atoms. The molecule has 2 saturated heterocycles. The fourth-order valence-corrected chi connectivity index (χ4v) is 3.88. The van der Waals surface area contributed by atoms with Crippen molar-refractivity contribution in [2.45, 2.75) is 32.1 Å². The summed E-state index contributed by atoms with van der Waals surface area (Å²) in [5.74, 6) is 0.745. The summed E-state index contributed by atoms with van der Waals surface area (Å²) in [5, 5.41) is 0. The van der Waals surface area contributed by atoms with Gasteiger partial charge in [-0.05, 0) is 25.7 Å². The maximum Gasteiger partial charge on any atom is 0.226 e. The number of amides is 1. The molecular formula is C16H25NO3. The maximum absolute atomic E-state index is 12.5. The third-order valence-electron chi connectivity index (χ3n) is 5.07. The van der Waals surface area contributed by atoms with Crippen molar-refractivity contribution < 1.29 is 14.3 Å². The fraction of sp³-hybridized carbons (Fsp3) is 0.812. The minimum Gasteiger partial charge on any atom is -0.384 e. The molecule has 0 aromatic heterocycles. The number of carbonyl (C=O) groups is 1. The van der Waals surface area contributed by atoms with E-state index in [0.29, 0.717) is 24.9 Å². The van der Waals surface area contributed by atoms with Crippen LogP contribution in [-0.2, 0) is 14.3 Å². The molecule has 1 amide bonds. The Morgan fingerprint density at radius 2 is 2.45 bits per heavy atom. The molecule has 3 aliphatic rings. The lowest BCUT2D eigenvalue weighted by atomic mass is 9.82. The van der Waals surface area contributed by atoms with Crippen LogP contribution in [0, 0.1) is 11.3 Å². The number of ether oxygens (including phenoxy) is 2. The second kappa shape index (κ2) is 5.86. The van der Waals surface area contributed by atoms with Crippen LogP contribution in [-0.4, -0.2) is 50.8 Å². The number of carbonyl (C=O) groups excluding carboxylic acids is 1. The van der Waals surface area contributed by atoms with E-state index in [2.05, 4.69) is 6.08 Å². The second-order valence-corrected chi connectivity index (χ2v) is 6.57. The molecule has 2 atom stereocenters. The molecule has 1 aliphatic carbocycles. The minimum absolute atomic E-state index is 0.0470. The Hall–Kier alpha value is -0.870. The van der Waals surface area contributed by atoms with E-state index in [1.54, 1.807) is 7.11 Å². The van der Waals surface area contributed by atoms with Gasteiger partial charge >= 0.3 is 0 Å². The summed E-state index contributed by atoms with van der Waals surface area (Å²) in [6.45, 7) is 3.85.